The minimum absolute atomic E-state index is 0.0177. The number of likely N-dealkylation sites (N-methyl/N-ethyl adjacent to an activating group) is 3. The summed E-state index contributed by atoms with van der Waals surface area (Å²) >= 11 is 6.29. The summed E-state index contributed by atoms with van der Waals surface area (Å²) in [6.07, 6.45) is 7.42. The zero-order valence-electron chi connectivity index (χ0n) is 29.8. The van der Waals surface area contributed by atoms with E-state index in [2.05, 4.69) is 20.1 Å². The Morgan fingerprint density at radius 2 is 1.78 bits per heavy atom. The molecule has 0 aliphatic carbocycles. The predicted molar refractivity (Wildman–Crippen MR) is 186 cm³/mol. The maximum Gasteiger partial charge on any atom is 0.253 e. The van der Waals surface area contributed by atoms with Crippen molar-refractivity contribution >= 4 is 17.5 Å². The Kier molecular flexibility index (Phi) is 22.1. The lowest BCUT2D eigenvalue weighted by molar-refractivity contribution is -0.129. The number of allylic oxidation sites excluding steroid dienone is 3. The van der Waals surface area contributed by atoms with E-state index in [1.54, 1.807) is 33.2 Å². The molecule has 9 nitrogen and oxygen atoms in total. The molecule has 0 rings (SSSR count). The number of carbonyl (C=O) groups excluding carboxylic acids is 1. The Hall–Kier alpha value is -2.21. The van der Waals surface area contributed by atoms with Gasteiger partial charge in [-0.05, 0) is 57.7 Å². The number of nitrogens with zero attached hydrogens (tertiary/aromatic N) is 3. The van der Waals surface area contributed by atoms with Crippen LogP contribution in [-0.2, 0) is 19.0 Å². The lowest BCUT2D eigenvalue weighted by Gasteiger charge is -2.45. The first kappa shape index (κ1) is 43.8. The van der Waals surface area contributed by atoms with E-state index in [1.165, 1.54) is 18.1 Å². The van der Waals surface area contributed by atoms with Gasteiger partial charge in [-0.1, -0.05) is 64.6 Å². The molecule has 0 aliphatic rings. The normalized spacial score (nSPS) is 16.1. The second-order valence-electron chi connectivity index (χ2n) is 11.9. The van der Waals surface area contributed by atoms with Crippen molar-refractivity contribution in [3.63, 3.8) is 0 Å². The standard InChI is InChI=1S/C35H61ClFN3O6/c1-12-17-38(7)24-35(43,25-39(8)34(42)29(23-27(5)44-10)16-15-19-46-20-18-41)28(6)40(9)32(33(14-3)45-11)22-26(4)21-30(36)31(37)13-2/h15-16,23,26,32-33,41,43H,5-6,12-14,17-22,24-25H2,1-4,7-11H3. The molecule has 0 aromatic carbocycles. The van der Waals surface area contributed by atoms with Gasteiger partial charge in [-0.15, -0.1) is 0 Å². The quantitative estimate of drug-likeness (QED) is 0.0556. The van der Waals surface area contributed by atoms with Gasteiger partial charge in [0.15, 0.2) is 0 Å². The van der Waals surface area contributed by atoms with Crippen molar-refractivity contribution in [2.75, 3.05) is 74.8 Å². The van der Waals surface area contributed by atoms with E-state index in [1.807, 2.05) is 37.7 Å². The summed E-state index contributed by atoms with van der Waals surface area (Å²) in [7, 11) is 8.55. The van der Waals surface area contributed by atoms with E-state index >= 15 is 0 Å². The van der Waals surface area contributed by atoms with Gasteiger partial charge in [0.25, 0.3) is 5.91 Å². The molecular formula is C35H61ClFN3O6. The number of methoxy groups -OCH3 is 2. The zero-order chi connectivity index (χ0) is 35.4. The number of rotatable bonds is 25. The van der Waals surface area contributed by atoms with Crippen molar-refractivity contribution in [3.05, 3.63) is 59.3 Å². The molecule has 46 heavy (non-hydrogen) atoms. The highest BCUT2D eigenvalue weighted by molar-refractivity contribution is 6.29. The fraction of sp³-hybridized carbons (Fsp3) is 0.686. The number of hydrogen-bond donors (Lipinski definition) is 2. The van der Waals surface area contributed by atoms with Crippen LogP contribution < -0.4 is 0 Å². The van der Waals surface area contributed by atoms with Crippen molar-refractivity contribution < 1.29 is 33.6 Å². The molecule has 0 heterocycles. The summed E-state index contributed by atoms with van der Waals surface area (Å²) in [4.78, 5) is 19.2. The number of hydrogen-bond acceptors (Lipinski definition) is 8. The van der Waals surface area contributed by atoms with E-state index in [-0.39, 0.29) is 85.5 Å². The molecule has 0 aromatic heterocycles. The molecule has 266 valence electrons. The molecular weight excluding hydrogens is 613 g/mol. The molecule has 0 saturated carbocycles. The molecule has 1 amide bonds. The minimum Gasteiger partial charge on any atom is -0.497 e. The van der Waals surface area contributed by atoms with E-state index in [0.717, 1.165) is 13.0 Å². The van der Waals surface area contributed by atoms with E-state index < -0.39 is 5.60 Å². The SMILES string of the molecule is C=C(C=C(C=CCOCCO)C(=O)N(C)CC(O)(CN(C)CCC)C(=C)N(C)C(CC(C)CC(Cl)=C(F)CC)C(CC)OC)OC. The summed E-state index contributed by atoms with van der Waals surface area (Å²) in [5, 5.41) is 21.6. The first-order valence-corrected chi connectivity index (χ1v) is 16.5. The molecule has 0 spiro atoms. The summed E-state index contributed by atoms with van der Waals surface area (Å²) in [6, 6.07) is -0.210. The van der Waals surface area contributed by atoms with Crippen molar-refractivity contribution in [1.29, 1.82) is 0 Å². The number of amides is 1. The number of halogens is 2. The third kappa shape index (κ3) is 15.1. The van der Waals surface area contributed by atoms with Crippen LogP contribution in [0.5, 0.6) is 0 Å². The molecule has 0 bridgehead atoms. The highest BCUT2D eigenvalue weighted by atomic mass is 35.5. The topological polar surface area (TPSA) is 94.9 Å². The van der Waals surface area contributed by atoms with Crippen LogP contribution in [0.1, 0.15) is 59.8 Å². The van der Waals surface area contributed by atoms with Gasteiger partial charge in [0.1, 0.15) is 17.2 Å². The van der Waals surface area contributed by atoms with Gasteiger partial charge in [-0.2, -0.15) is 0 Å². The van der Waals surface area contributed by atoms with Crippen LogP contribution in [0.2, 0.25) is 0 Å². The highest BCUT2D eigenvalue weighted by Gasteiger charge is 2.40. The molecule has 0 radical (unpaired) electrons. The molecule has 0 saturated heterocycles. The number of ether oxygens (including phenoxy) is 3. The van der Waals surface area contributed by atoms with Crippen LogP contribution in [0.15, 0.2) is 59.3 Å². The van der Waals surface area contributed by atoms with Crippen molar-refractivity contribution in [1.82, 2.24) is 14.7 Å². The molecule has 2 N–H and O–H groups in total. The molecule has 4 atom stereocenters. The summed E-state index contributed by atoms with van der Waals surface area (Å²) in [5.74, 6) is -0.367. The van der Waals surface area contributed by atoms with Crippen molar-refractivity contribution in [3.8, 4) is 0 Å². The molecule has 0 aromatic rings. The second-order valence-corrected chi connectivity index (χ2v) is 12.4. The zero-order valence-corrected chi connectivity index (χ0v) is 30.5. The summed E-state index contributed by atoms with van der Waals surface area (Å²) in [5.41, 5.74) is -0.824. The Balaban J connectivity index is 6.50. The van der Waals surface area contributed by atoms with E-state index in [0.29, 0.717) is 25.0 Å². The Morgan fingerprint density at radius 1 is 1.13 bits per heavy atom. The van der Waals surface area contributed by atoms with Crippen molar-refractivity contribution in [2.24, 2.45) is 5.92 Å². The molecule has 11 heteroatoms. The Labute approximate surface area is 283 Å². The second kappa shape index (κ2) is 23.2. The molecule has 0 aliphatic heterocycles. The first-order valence-electron chi connectivity index (χ1n) is 16.1. The molecule has 4 unspecified atom stereocenters. The van der Waals surface area contributed by atoms with Gasteiger partial charge in [0.05, 0.1) is 45.6 Å². The van der Waals surface area contributed by atoms with Gasteiger partial charge >= 0.3 is 0 Å². The lowest BCUT2D eigenvalue weighted by Crippen LogP contribution is -2.57. The summed E-state index contributed by atoms with van der Waals surface area (Å²) < 4.78 is 30.6. The fourth-order valence-electron chi connectivity index (χ4n) is 5.42. The number of aliphatic hydroxyl groups excluding tert-OH is 1. The Morgan fingerprint density at radius 3 is 2.30 bits per heavy atom. The average molecular weight is 674 g/mol. The summed E-state index contributed by atoms with van der Waals surface area (Å²) in [6.45, 7) is 17.2. The van der Waals surface area contributed by atoms with Crippen LogP contribution in [0.3, 0.4) is 0 Å². The average Bonchev–Trinajstić information content (AvgIpc) is 3.02. The Bertz CT molecular complexity index is 1030. The minimum atomic E-state index is -1.54. The highest BCUT2D eigenvalue weighted by Crippen LogP contribution is 2.31. The van der Waals surface area contributed by atoms with Gasteiger partial charge < -0.3 is 39.1 Å². The maximum absolute atomic E-state index is 14.2. The largest absolute Gasteiger partial charge is 0.497 e. The molecule has 0 fully saturated rings. The third-order valence-corrected chi connectivity index (χ3v) is 8.29. The van der Waals surface area contributed by atoms with E-state index in [9.17, 15) is 14.3 Å². The predicted octanol–water partition coefficient (Wildman–Crippen LogP) is 5.65. The van der Waals surface area contributed by atoms with Crippen LogP contribution >= 0.6 is 11.6 Å². The third-order valence-electron chi connectivity index (χ3n) is 7.93. The van der Waals surface area contributed by atoms with Crippen molar-refractivity contribution in [2.45, 2.75) is 77.5 Å². The van der Waals surface area contributed by atoms with Gasteiger partial charge in [0.2, 0.25) is 0 Å². The van der Waals surface area contributed by atoms with Gasteiger partial charge in [-0.25, -0.2) is 4.39 Å². The van der Waals surface area contributed by atoms with Crippen LogP contribution in [0.4, 0.5) is 4.39 Å². The maximum atomic E-state index is 14.2. The van der Waals surface area contributed by atoms with Crippen LogP contribution in [0.25, 0.3) is 0 Å². The van der Waals surface area contributed by atoms with Crippen LogP contribution in [0, 0.1) is 5.92 Å². The fourth-order valence-corrected chi connectivity index (χ4v) is 5.81. The number of aliphatic hydroxyl groups is 2. The lowest BCUT2D eigenvalue weighted by atomic mass is 9.90. The van der Waals surface area contributed by atoms with Gasteiger partial charge in [0, 0.05) is 44.1 Å². The van der Waals surface area contributed by atoms with E-state index in [4.69, 9.17) is 30.9 Å². The smallest absolute Gasteiger partial charge is 0.253 e. The first-order chi connectivity index (χ1) is 21.7. The monoisotopic (exact) mass is 673 g/mol. The number of carbonyl (C=O) groups is 1. The van der Waals surface area contributed by atoms with Crippen LogP contribution in [-0.4, -0.2) is 123 Å². The van der Waals surface area contributed by atoms with Gasteiger partial charge in [-0.3, -0.25) is 4.79 Å².